The quantitative estimate of drug-likeness (QED) is 0.0912. The number of rotatable bonds is 12. The summed E-state index contributed by atoms with van der Waals surface area (Å²) < 4.78 is 5.53. The Bertz CT molecular complexity index is 589. The molecule has 0 saturated carbocycles. The first-order valence-corrected chi connectivity index (χ1v) is 8.56. The zero-order valence-electron chi connectivity index (χ0n) is 15.0. The second-order valence-electron chi connectivity index (χ2n) is 5.58. The van der Waals surface area contributed by atoms with E-state index in [1.807, 2.05) is 19.1 Å². The summed E-state index contributed by atoms with van der Waals surface area (Å²) in [4.78, 5) is 16.4. The third kappa shape index (κ3) is 7.95. The fraction of sp³-hybridized carbons (Fsp3) is 0.471. The van der Waals surface area contributed by atoms with Crippen molar-refractivity contribution in [2.75, 3.05) is 13.2 Å². The van der Waals surface area contributed by atoms with Crippen LogP contribution in [0.5, 0.6) is 5.75 Å². The zero-order chi connectivity index (χ0) is 19.2. The van der Waals surface area contributed by atoms with E-state index < -0.39 is 12.1 Å². The van der Waals surface area contributed by atoms with Crippen LogP contribution in [-0.2, 0) is 11.2 Å². The van der Waals surface area contributed by atoms with Crippen molar-refractivity contribution in [1.29, 1.82) is 0 Å². The van der Waals surface area contributed by atoms with Gasteiger partial charge >= 0.3 is 0 Å². The number of nitrogens with zero attached hydrogens (tertiary/aromatic N) is 2. The third-order valence-electron chi connectivity index (χ3n) is 3.48. The molecule has 0 spiro atoms. The highest BCUT2D eigenvalue weighted by atomic mass is 16.5. The molecule has 0 heterocycles. The zero-order valence-corrected chi connectivity index (χ0v) is 15.0. The summed E-state index contributed by atoms with van der Waals surface area (Å²) in [5.74, 6) is 5.39. The van der Waals surface area contributed by atoms with Gasteiger partial charge in [-0.05, 0) is 37.1 Å². The Balaban J connectivity index is 2.64. The van der Waals surface area contributed by atoms with Crippen LogP contribution in [-0.4, -0.2) is 42.5 Å². The Hall–Kier alpha value is -2.65. The fourth-order valence-corrected chi connectivity index (χ4v) is 2.16. The van der Waals surface area contributed by atoms with E-state index in [1.54, 1.807) is 12.1 Å². The van der Waals surface area contributed by atoms with E-state index in [-0.39, 0.29) is 12.1 Å². The average Bonchev–Trinajstić information content (AvgIpc) is 2.65. The van der Waals surface area contributed by atoms with Gasteiger partial charge in [0.05, 0.1) is 12.9 Å². The predicted octanol–water partition coefficient (Wildman–Crippen LogP) is 0.521. The van der Waals surface area contributed by atoms with Gasteiger partial charge in [-0.15, -0.1) is 0 Å². The minimum absolute atomic E-state index is 0.00110. The molecule has 9 heteroatoms. The molecule has 144 valence electrons. The number of hydrogen-bond acceptors (Lipinski definition) is 7. The lowest BCUT2D eigenvalue weighted by atomic mass is 10.1. The predicted molar refractivity (Wildman–Crippen MR) is 101 cm³/mol. The maximum atomic E-state index is 12.3. The van der Waals surface area contributed by atoms with Crippen LogP contribution in [0.15, 0.2) is 34.4 Å². The van der Waals surface area contributed by atoms with Crippen LogP contribution >= 0.6 is 0 Å². The van der Waals surface area contributed by atoms with Crippen molar-refractivity contribution >= 4 is 18.0 Å². The van der Waals surface area contributed by atoms with Gasteiger partial charge in [0.2, 0.25) is 0 Å². The van der Waals surface area contributed by atoms with Crippen molar-refractivity contribution in [3.05, 3.63) is 29.8 Å². The van der Waals surface area contributed by atoms with E-state index >= 15 is 0 Å². The first kappa shape index (κ1) is 21.4. The van der Waals surface area contributed by atoms with Gasteiger partial charge in [0, 0.05) is 6.42 Å². The van der Waals surface area contributed by atoms with Crippen molar-refractivity contribution in [2.45, 2.75) is 38.8 Å². The minimum Gasteiger partial charge on any atom is -0.494 e. The Labute approximate surface area is 153 Å². The average molecular weight is 364 g/mol. The van der Waals surface area contributed by atoms with Gasteiger partial charge in [0.1, 0.15) is 17.6 Å². The van der Waals surface area contributed by atoms with E-state index in [1.165, 1.54) is 6.34 Å². The number of amides is 1. The van der Waals surface area contributed by atoms with Crippen molar-refractivity contribution in [3.8, 4) is 5.75 Å². The van der Waals surface area contributed by atoms with Crippen molar-refractivity contribution < 1.29 is 14.7 Å². The lowest BCUT2D eigenvalue weighted by molar-refractivity contribution is -0.115. The molecular weight excluding hydrogens is 336 g/mol. The normalized spacial score (nSPS) is 12.8. The molecular formula is C17H28N6O3. The molecule has 0 aliphatic carbocycles. The van der Waals surface area contributed by atoms with Crippen LogP contribution in [0.3, 0.4) is 0 Å². The van der Waals surface area contributed by atoms with E-state index in [4.69, 9.17) is 16.3 Å². The number of nitrogens with two attached hydrogens (primary N) is 2. The Morgan fingerprint density at radius 1 is 1.38 bits per heavy atom. The fourth-order valence-electron chi connectivity index (χ4n) is 2.16. The number of carbonyl (C=O) groups is 1. The number of hydrogen-bond donors (Lipinski definition) is 5. The van der Waals surface area contributed by atoms with Crippen molar-refractivity contribution in [2.24, 2.45) is 21.7 Å². The van der Waals surface area contributed by atoms with E-state index in [9.17, 15) is 10.0 Å². The molecule has 1 amide bonds. The molecule has 9 nitrogen and oxygen atoms in total. The van der Waals surface area contributed by atoms with Gasteiger partial charge in [-0.3, -0.25) is 4.79 Å². The lowest BCUT2D eigenvalue weighted by Gasteiger charge is -2.14. The summed E-state index contributed by atoms with van der Waals surface area (Å²) in [7, 11) is 0. The molecule has 0 fully saturated rings. The number of hydrazine groups is 1. The van der Waals surface area contributed by atoms with Crippen LogP contribution in [0.1, 0.15) is 31.7 Å². The number of benzene rings is 1. The third-order valence-corrected chi connectivity index (χ3v) is 3.48. The highest BCUT2D eigenvalue weighted by molar-refractivity contribution is 6.39. The summed E-state index contributed by atoms with van der Waals surface area (Å²) in [6, 6.07) is 7.23. The Morgan fingerprint density at radius 2 is 2.12 bits per heavy atom. The van der Waals surface area contributed by atoms with Crippen LogP contribution < -0.4 is 27.1 Å². The van der Waals surface area contributed by atoms with E-state index in [0.29, 0.717) is 19.6 Å². The monoisotopic (exact) mass is 364 g/mol. The number of carbonyl (C=O) groups excluding carboxylic acids is 1. The highest BCUT2D eigenvalue weighted by Crippen LogP contribution is 2.13. The summed E-state index contributed by atoms with van der Waals surface area (Å²) in [5.41, 5.74) is 8.53. The standard InChI is InChI=1S/C17H28N6O3/c1-2-4-16(20-12-21-19)22-17(24)15(23-25)11-13-5-7-14(8-6-13)26-10-3-9-18/h5-8,12,16,25H,2-4,9-11,18-19H2,1H3,(H,20,21)(H,22,24). The van der Waals surface area contributed by atoms with E-state index in [2.05, 4.69) is 20.9 Å². The number of aliphatic imine (C=N–C) groups is 1. The molecule has 7 N–H and O–H groups in total. The molecule has 1 aromatic carbocycles. The summed E-state index contributed by atoms with van der Waals surface area (Å²) in [6.45, 7) is 3.11. The molecule has 0 saturated heterocycles. The lowest BCUT2D eigenvalue weighted by Crippen LogP contribution is -2.39. The van der Waals surface area contributed by atoms with Gasteiger partial charge in [-0.1, -0.05) is 30.6 Å². The summed E-state index contributed by atoms with van der Waals surface area (Å²) >= 11 is 0. The maximum Gasteiger partial charge on any atom is 0.271 e. The number of oxime groups is 1. The molecule has 1 aromatic rings. The van der Waals surface area contributed by atoms with Crippen LogP contribution in [0.2, 0.25) is 0 Å². The number of ether oxygens (including phenoxy) is 1. The van der Waals surface area contributed by atoms with Crippen LogP contribution in [0.25, 0.3) is 0 Å². The molecule has 0 radical (unpaired) electrons. The van der Waals surface area contributed by atoms with Gasteiger partial charge in [0.15, 0.2) is 0 Å². The minimum atomic E-state index is -0.483. The molecule has 0 bridgehead atoms. The first-order chi connectivity index (χ1) is 12.6. The van der Waals surface area contributed by atoms with Gasteiger partial charge < -0.3 is 26.4 Å². The molecule has 26 heavy (non-hydrogen) atoms. The van der Waals surface area contributed by atoms with Crippen molar-refractivity contribution in [1.82, 2.24) is 10.7 Å². The second kappa shape index (κ2) is 12.7. The highest BCUT2D eigenvalue weighted by Gasteiger charge is 2.17. The van der Waals surface area contributed by atoms with Gasteiger partial charge in [-0.2, -0.15) is 0 Å². The number of nitrogens with one attached hydrogen (secondary N) is 2. The first-order valence-electron chi connectivity index (χ1n) is 8.56. The Morgan fingerprint density at radius 3 is 2.69 bits per heavy atom. The van der Waals surface area contributed by atoms with Crippen molar-refractivity contribution in [3.63, 3.8) is 0 Å². The SMILES string of the molecule is CCCC(N=CNN)NC(=O)C(Cc1ccc(OCCCN)cc1)=NO. The smallest absolute Gasteiger partial charge is 0.271 e. The largest absolute Gasteiger partial charge is 0.494 e. The Kier molecular flexibility index (Phi) is 10.4. The maximum absolute atomic E-state index is 12.3. The molecule has 1 unspecified atom stereocenters. The second-order valence-corrected chi connectivity index (χ2v) is 5.58. The van der Waals surface area contributed by atoms with Crippen LogP contribution in [0.4, 0.5) is 0 Å². The molecule has 0 aliphatic rings. The molecule has 0 aliphatic heterocycles. The summed E-state index contributed by atoms with van der Waals surface area (Å²) in [5, 5.41) is 15.0. The molecule has 1 rings (SSSR count). The topological polar surface area (TPSA) is 147 Å². The van der Waals surface area contributed by atoms with Gasteiger partial charge in [-0.25, -0.2) is 10.8 Å². The molecule has 1 atom stereocenters. The van der Waals surface area contributed by atoms with E-state index in [0.717, 1.165) is 24.2 Å². The summed E-state index contributed by atoms with van der Waals surface area (Å²) in [6.07, 6.45) is 3.29. The molecule has 0 aromatic heterocycles. The van der Waals surface area contributed by atoms with Gasteiger partial charge in [0.25, 0.3) is 5.91 Å². The van der Waals surface area contributed by atoms with Crippen LogP contribution in [0, 0.1) is 0 Å².